The zero-order valence-electron chi connectivity index (χ0n) is 23.0. The third kappa shape index (κ3) is 5.19. The SMILES string of the molecule is CCN1C(C)Cc2cc(OC)c(Nc3ncc(Cl)c(Nc4ccccc4S(=O)(=O)C(C)C)n3)cc2C1(C)C. The molecule has 4 rings (SSSR count). The largest absolute Gasteiger partial charge is 0.495 e. The van der Waals surface area contributed by atoms with Gasteiger partial charge in [-0.05, 0) is 83.0 Å². The fraction of sp³-hybridized carbons (Fsp3) is 0.429. The van der Waals surface area contributed by atoms with Gasteiger partial charge >= 0.3 is 0 Å². The first-order chi connectivity index (χ1) is 17.9. The van der Waals surface area contributed by atoms with Crippen molar-refractivity contribution in [2.45, 2.75) is 69.7 Å². The molecule has 38 heavy (non-hydrogen) atoms. The fourth-order valence-corrected chi connectivity index (χ4v) is 6.64. The number of aromatic nitrogens is 2. The van der Waals surface area contributed by atoms with Crippen LogP contribution in [-0.2, 0) is 21.8 Å². The highest BCUT2D eigenvalue weighted by Crippen LogP contribution is 2.42. The number of nitrogens with zero attached hydrogens (tertiary/aromatic N) is 3. The van der Waals surface area contributed by atoms with E-state index in [4.69, 9.17) is 16.3 Å². The molecule has 0 spiro atoms. The van der Waals surface area contributed by atoms with Crippen LogP contribution in [0.3, 0.4) is 0 Å². The summed E-state index contributed by atoms with van der Waals surface area (Å²) in [4.78, 5) is 11.6. The second-order valence-corrected chi connectivity index (χ2v) is 13.2. The van der Waals surface area contributed by atoms with Gasteiger partial charge in [0.25, 0.3) is 0 Å². The van der Waals surface area contributed by atoms with Crippen molar-refractivity contribution < 1.29 is 13.2 Å². The first kappa shape index (κ1) is 28.1. The van der Waals surface area contributed by atoms with Crippen molar-refractivity contribution in [1.29, 1.82) is 0 Å². The second kappa shape index (κ2) is 10.7. The minimum atomic E-state index is -3.52. The third-order valence-electron chi connectivity index (χ3n) is 7.25. The average molecular weight is 558 g/mol. The van der Waals surface area contributed by atoms with E-state index in [0.29, 0.717) is 29.2 Å². The molecule has 0 amide bonds. The van der Waals surface area contributed by atoms with Gasteiger partial charge in [-0.15, -0.1) is 0 Å². The van der Waals surface area contributed by atoms with Gasteiger partial charge in [0.2, 0.25) is 5.95 Å². The predicted molar refractivity (Wildman–Crippen MR) is 154 cm³/mol. The number of hydrogen-bond acceptors (Lipinski definition) is 8. The van der Waals surface area contributed by atoms with Gasteiger partial charge in [-0.3, -0.25) is 4.90 Å². The summed E-state index contributed by atoms with van der Waals surface area (Å²) in [5, 5.41) is 6.08. The Morgan fingerprint density at radius 3 is 2.55 bits per heavy atom. The first-order valence-electron chi connectivity index (χ1n) is 12.8. The molecular weight excluding hydrogens is 522 g/mol. The van der Waals surface area contributed by atoms with E-state index < -0.39 is 15.1 Å². The summed E-state index contributed by atoms with van der Waals surface area (Å²) >= 11 is 6.42. The lowest BCUT2D eigenvalue weighted by atomic mass is 9.80. The fourth-order valence-electron chi connectivity index (χ4n) is 5.30. The van der Waals surface area contributed by atoms with Gasteiger partial charge in [0, 0.05) is 11.6 Å². The van der Waals surface area contributed by atoms with Gasteiger partial charge in [-0.25, -0.2) is 13.4 Å². The Balaban J connectivity index is 1.70. The number of para-hydroxylation sites is 1. The highest BCUT2D eigenvalue weighted by atomic mass is 35.5. The summed E-state index contributed by atoms with van der Waals surface area (Å²) in [6, 6.07) is 11.3. The molecule has 2 N–H and O–H groups in total. The van der Waals surface area contributed by atoms with E-state index in [9.17, 15) is 8.42 Å². The molecule has 1 atom stereocenters. The van der Waals surface area contributed by atoms with Crippen LogP contribution in [0.5, 0.6) is 5.75 Å². The summed E-state index contributed by atoms with van der Waals surface area (Å²) in [6.07, 6.45) is 2.42. The van der Waals surface area contributed by atoms with E-state index in [0.717, 1.165) is 18.7 Å². The number of fused-ring (bicyclic) bond motifs is 1. The molecule has 0 saturated heterocycles. The van der Waals surface area contributed by atoms with E-state index in [1.807, 2.05) is 0 Å². The number of ether oxygens (including phenoxy) is 1. The molecule has 204 valence electrons. The number of benzene rings is 2. The van der Waals surface area contributed by atoms with Crippen molar-refractivity contribution >= 4 is 44.6 Å². The standard InChI is InChI=1S/C28H36ClN5O3S/c1-8-34-18(4)13-19-14-24(37-7)23(15-20(19)28(34,5)6)32-27-30-16-21(29)26(33-27)31-22-11-9-10-12-25(22)38(35,36)17(2)3/h9-12,14-18H,8,13H2,1-7H3,(H2,30,31,32,33). The van der Waals surface area contributed by atoms with E-state index in [2.05, 4.69) is 65.3 Å². The highest BCUT2D eigenvalue weighted by Gasteiger charge is 2.38. The summed E-state index contributed by atoms with van der Waals surface area (Å²) < 4.78 is 31.5. The Hall–Kier alpha value is -2.88. The Morgan fingerprint density at radius 1 is 1.18 bits per heavy atom. The normalized spacial score (nSPS) is 17.2. The molecule has 1 aromatic heterocycles. The molecule has 1 aliphatic rings. The topological polar surface area (TPSA) is 96.5 Å². The molecule has 0 fully saturated rings. The molecule has 0 radical (unpaired) electrons. The predicted octanol–water partition coefficient (Wildman–Crippen LogP) is 6.31. The van der Waals surface area contributed by atoms with Gasteiger partial charge in [0.05, 0.1) is 34.8 Å². The molecule has 0 bridgehead atoms. The molecule has 2 aromatic carbocycles. The van der Waals surface area contributed by atoms with E-state index in [1.54, 1.807) is 45.2 Å². The second-order valence-electron chi connectivity index (χ2n) is 10.3. The zero-order chi connectivity index (χ0) is 27.8. The zero-order valence-corrected chi connectivity index (χ0v) is 24.5. The summed E-state index contributed by atoms with van der Waals surface area (Å²) in [6.45, 7) is 13.2. The van der Waals surface area contributed by atoms with Gasteiger partial charge in [0.15, 0.2) is 15.7 Å². The number of sulfone groups is 1. The number of likely N-dealkylation sites (N-methyl/N-ethyl adjacent to an activating group) is 1. The summed E-state index contributed by atoms with van der Waals surface area (Å²) in [5.41, 5.74) is 3.46. The minimum absolute atomic E-state index is 0.163. The minimum Gasteiger partial charge on any atom is -0.495 e. The van der Waals surface area contributed by atoms with Crippen LogP contribution in [0.2, 0.25) is 5.02 Å². The van der Waals surface area contributed by atoms with Gasteiger partial charge in [-0.1, -0.05) is 30.7 Å². The van der Waals surface area contributed by atoms with Crippen LogP contribution in [0.25, 0.3) is 0 Å². The van der Waals surface area contributed by atoms with Crippen molar-refractivity contribution in [2.75, 3.05) is 24.3 Å². The lowest BCUT2D eigenvalue weighted by molar-refractivity contribution is 0.0667. The molecule has 0 aliphatic carbocycles. The molecule has 2 heterocycles. The van der Waals surface area contributed by atoms with Gasteiger partial charge < -0.3 is 15.4 Å². The van der Waals surface area contributed by atoms with E-state index in [-0.39, 0.29) is 15.5 Å². The van der Waals surface area contributed by atoms with Crippen molar-refractivity contribution in [2.24, 2.45) is 0 Å². The molecule has 1 unspecified atom stereocenters. The maximum atomic E-state index is 12.9. The van der Waals surface area contributed by atoms with Crippen LogP contribution in [0, 0.1) is 0 Å². The van der Waals surface area contributed by atoms with Crippen LogP contribution in [0.4, 0.5) is 23.1 Å². The molecular formula is C28H36ClN5O3S. The number of nitrogens with one attached hydrogen (secondary N) is 2. The van der Waals surface area contributed by atoms with Crippen LogP contribution in [0.1, 0.15) is 52.7 Å². The van der Waals surface area contributed by atoms with E-state index >= 15 is 0 Å². The van der Waals surface area contributed by atoms with Crippen LogP contribution in [0.15, 0.2) is 47.5 Å². The Kier molecular flexibility index (Phi) is 7.93. The van der Waals surface area contributed by atoms with Crippen LogP contribution in [-0.4, -0.2) is 48.2 Å². The number of methoxy groups -OCH3 is 1. The maximum Gasteiger partial charge on any atom is 0.229 e. The quantitative estimate of drug-likeness (QED) is 0.332. The summed E-state index contributed by atoms with van der Waals surface area (Å²) in [5.74, 6) is 1.28. The van der Waals surface area contributed by atoms with Gasteiger partial charge in [0.1, 0.15) is 10.8 Å². The maximum absolute atomic E-state index is 12.9. The molecule has 10 heteroatoms. The molecule has 3 aromatic rings. The first-order valence-corrected chi connectivity index (χ1v) is 14.7. The van der Waals surface area contributed by atoms with Crippen molar-refractivity contribution in [1.82, 2.24) is 14.9 Å². The van der Waals surface area contributed by atoms with Crippen molar-refractivity contribution in [3.05, 3.63) is 58.7 Å². The monoisotopic (exact) mass is 557 g/mol. The average Bonchev–Trinajstić information content (AvgIpc) is 2.86. The Labute approximate surface area is 230 Å². The lowest BCUT2D eigenvalue weighted by Gasteiger charge is -2.47. The molecule has 1 aliphatic heterocycles. The highest BCUT2D eigenvalue weighted by molar-refractivity contribution is 7.92. The Morgan fingerprint density at radius 2 is 1.89 bits per heavy atom. The number of halogens is 1. The van der Waals surface area contributed by atoms with Crippen molar-refractivity contribution in [3.8, 4) is 5.75 Å². The lowest BCUT2D eigenvalue weighted by Crippen LogP contribution is -2.51. The third-order valence-corrected chi connectivity index (χ3v) is 9.74. The van der Waals surface area contributed by atoms with Crippen LogP contribution >= 0.6 is 11.6 Å². The Bertz CT molecular complexity index is 1440. The number of anilines is 4. The number of rotatable bonds is 8. The van der Waals surface area contributed by atoms with Crippen LogP contribution < -0.4 is 15.4 Å². The number of hydrogen-bond donors (Lipinski definition) is 2. The molecule has 0 saturated carbocycles. The van der Waals surface area contributed by atoms with E-state index in [1.165, 1.54) is 17.3 Å². The molecule has 8 nitrogen and oxygen atoms in total. The van der Waals surface area contributed by atoms with Crippen molar-refractivity contribution in [3.63, 3.8) is 0 Å². The smallest absolute Gasteiger partial charge is 0.229 e. The van der Waals surface area contributed by atoms with Gasteiger partial charge in [-0.2, -0.15) is 4.98 Å². The summed E-state index contributed by atoms with van der Waals surface area (Å²) in [7, 11) is -1.88.